The largest absolute Gasteiger partial charge is 0.490 e. The predicted octanol–water partition coefficient (Wildman–Crippen LogP) is 4.54. The first kappa shape index (κ1) is 25.0. The zero-order valence-corrected chi connectivity index (χ0v) is 19.9. The SMILES string of the molecule is O=C(NCCNC(=O)c1ccc(O[C@H]2CC[C@@H](C(=O)O)CC2)cc1Cl)c1ccc(C2CC2)cc1F. The van der Waals surface area contributed by atoms with Crippen molar-refractivity contribution in [2.75, 3.05) is 13.1 Å². The average molecular weight is 503 g/mol. The Morgan fingerprint density at radius 2 is 1.54 bits per heavy atom. The molecule has 2 fully saturated rings. The van der Waals surface area contributed by atoms with Crippen LogP contribution in [0.25, 0.3) is 0 Å². The van der Waals surface area contributed by atoms with Crippen LogP contribution in [-0.2, 0) is 4.79 Å². The van der Waals surface area contributed by atoms with Crippen molar-refractivity contribution in [3.05, 3.63) is 63.9 Å². The first-order chi connectivity index (χ1) is 16.8. The summed E-state index contributed by atoms with van der Waals surface area (Å²) >= 11 is 6.28. The van der Waals surface area contributed by atoms with E-state index < -0.39 is 23.6 Å². The summed E-state index contributed by atoms with van der Waals surface area (Å²) in [5.41, 5.74) is 1.17. The van der Waals surface area contributed by atoms with E-state index in [1.54, 1.807) is 24.3 Å². The van der Waals surface area contributed by atoms with E-state index in [0.29, 0.717) is 37.4 Å². The summed E-state index contributed by atoms with van der Waals surface area (Å²) in [7, 11) is 0. The smallest absolute Gasteiger partial charge is 0.306 e. The lowest BCUT2D eigenvalue weighted by molar-refractivity contribution is -0.143. The molecule has 2 aliphatic rings. The van der Waals surface area contributed by atoms with E-state index in [-0.39, 0.29) is 41.3 Å². The highest BCUT2D eigenvalue weighted by Gasteiger charge is 2.27. The second kappa shape index (κ2) is 11.1. The lowest BCUT2D eigenvalue weighted by atomic mass is 9.87. The third kappa shape index (κ3) is 6.51. The number of carbonyl (C=O) groups excluding carboxylic acids is 2. The van der Waals surface area contributed by atoms with Gasteiger partial charge in [-0.15, -0.1) is 0 Å². The molecule has 2 amide bonds. The van der Waals surface area contributed by atoms with Gasteiger partial charge in [-0.2, -0.15) is 0 Å². The fourth-order valence-electron chi connectivity index (χ4n) is 4.30. The molecule has 186 valence electrons. The Hall–Kier alpha value is -3.13. The van der Waals surface area contributed by atoms with Crippen molar-refractivity contribution >= 4 is 29.4 Å². The fourth-order valence-corrected chi connectivity index (χ4v) is 4.56. The van der Waals surface area contributed by atoms with E-state index in [9.17, 15) is 18.8 Å². The van der Waals surface area contributed by atoms with Crippen LogP contribution in [0.5, 0.6) is 5.75 Å². The van der Waals surface area contributed by atoms with Gasteiger partial charge in [-0.3, -0.25) is 14.4 Å². The third-order valence-corrected chi connectivity index (χ3v) is 6.81. The minimum absolute atomic E-state index is 0.0178. The van der Waals surface area contributed by atoms with Gasteiger partial charge < -0.3 is 20.5 Å². The minimum Gasteiger partial charge on any atom is -0.490 e. The molecule has 0 saturated heterocycles. The van der Waals surface area contributed by atoms with E-state index in [1.165, 1.54) is 12.1 Å². The number of hydrogen-bond donors (Lipinski definition) is 3. The number of aliphatic carboxylic acids is 1. The molecule has 2 aromatic rings. The highest BCUT2D eigenvalue weighted by atomic mass is 35.5. The molecule has 0 heterocycles. The summed E-state index contributed by atoms with van der Waals surface area (Å²) in [4.78, 5) is 35.8. The average Bonchev–Trinajstić information content (AvgIpc) is 3.67. The van der Waals surface area contributed by atoms with Crippen molar-refractivity contribution < 1.29 is 28.6 Å². The molecular formula is C26H28ClFN2O5. The van der Waals surface area contributed by atoms with Gasteiger partial charge in [0, 0.05) is 13.1 Å². The van der Waals surface area contributed by atoms with Gasteiger partial charge in [0.25, 0.3) is 11.8 Å². The van der Waals surface area contributed by atoms with E-state index >= 15 is 0 Å². The first-order valence-corrected chi connectivity index (χ1v) is 12.2. The molecular weight excluding hydrogens is 475 g/mol. The first-order valence-electron chi connectivity index (χ1n) is 11.9. The molecule has 7 nitrogen and oxygen atoms in total. The molecule has 2 aliphatic carbocycles. The summed E-state index contributed by atoms with van der Waals surface area (Å²) in [6.45, 7) is 0.278. The maximum Gasteiger partial charge on any atom is 0.306 e. The number of ether oxygens (including phenoxy) is 1. The highest BCUT2D eigenvalue weighted by molar-refractivity contribution is 6.34. The summed E-state index contributed by atoms with van der Waals surface area (Å²) in [5, 5.41) is 14.6. The molecule has 3 N–H and O–H groups in total. The van der Waals surface area contributed by atoms with Gasteiger partial charge in [0.2, 0.25) is 0 Å². The molecule has 2 saturated carbocycles. The number of rotatable bonds is 9. The molecule has 0 radical (unpaired) electrons. The Kier molecular flexibility index (Phi) is 7.90. The number of carboxylic acid groups (broad SMARTS) is 1. The second-order valence-electron chi connectivity index (χ2n) is 9.10. The molecule has 0 aliphatic heterocycles. The van der Waals surface area contributed by atoms with E-state index in [4.69, 9.17) is 21.4 Å². The Balaban J connectivity index is 1.22. The van der Waals surface area contributed by atoms with Gasteiger partial charge >= 0.3 is 5.97 Å². The van der Waals surface area contributed by atoms with Crippen molar-refractivity contribution in [2.24, 2.45) is 5.92 Å². The Labute approximate surface area is 208 Å². The van der Waals surface area contributed by atoms with Crippen molar-refractivity contribution in [3.8, 4) is 5.75 Å². The summed E-state index contributed by atoms with van der Waals surface area (Å²) in [5.74, 6) is -1.64. The lowest BCUT2D eigenvalue weighted by Gasteiger charge is -2.26. The van der Waals surface area contributed by atoms with Gasteiger partial charge in [-0.05, 0) is 80.3 Å². The third-order valence-electron chi connectivity index (χ3n) is 6.49. The molecule has 0 spiro atoms. The molecule has 2 aromatic carbocycles. The van der Waals surface area contributed by atoms with Crippen LogP contribution in [0.4, 0.5) is 4.39 Å². The van der Waals surface area contributed by atoms with Crippen LogP contribution < -0.4 is 15.4 Å². The number of carboxylic acids is 1. The van der Waals surface area contributed by atoms with Crippen LogP contribution >= 0.6 is 11.6 Å². The van der Waals surface area contributed by atoms with E-state index in [0.717, 1.165) is 18.4 Å². The molecule has 4 rings (SSSR count). The van der Waals surface area contributed by atoms with Crippen LogP contribution in [0, 0.1) is 11.7 Å². The van der Waals surface area contributed by atoms with Crippen molar-refractivity contribution in [3.63, 3.8) is 0 Å². The zero-order valence-electron chi connectivity index (χ0n) is 19.2. The van der Waals surface area contributed by atoms with Crippen LogP contribution in [-0.4, -0.2) is 42.1 Å². The Bertz CT molecular complexity index is 1110. The number of hydrogen-bond acceptors (Lipinski definition) is 4. The highest BCUT2D eigenvalue weighted by Crippen LogP contribution is 2.40. The monoisotopic (exact) mass is 502 g/mol. The molecule has 0 bridgehead atoms. The fraction of sp³-hybridized carbons (Fsp3) is 0.423. The Morgan fingerprint density at radius 1 is 0.914 bits per heavy atom. The molecule has 0 unspecified atom stereocenters. The molecule has 35 heavy (non-hydrogen) atoms. The van der Waals surface area contributed by atoms with Gasteiger partial charge in [-0.25, -0.2) is 4.39 Å². The van der Waals surface area contributed by atoms with Crippen molar-refractivity contribution in [1.82, 2.24) is 10.6 Å². The normalized spacial score (nSPS) is 19.6. The van der Waals surface area contributed by atoms with E-state index in [2.05, 4.69) is 10.6 Å². The molecule has 9 heteroatoms. The number of benzene rings is 2. The number of nitrogens with one attached hydrogen (secondary N) is 2. The van der Waals surface area contributed by atoms with Crippen LogP contribution in [0.15, 0.2) is 36.4 Å². The molecule has 0 aromatic heterocycles. The van der Waals surface area contributed by atoms with Crippen molar-refractivity contribution in [1.29, 1.82) is 0 Å². The standard InChI is InChI=1S/C26H28ClFN2O5/c27-22-14-19(35-18-6-3-16(4-7-18)26(33)34)8-10-20(22)24(31)29-11-12-30-25(32)21-9-5-17(13-23(21)28)15-1-2-15/h5,8-10,13-16,18H,1-4,6-7,11-12H2,(H,29,31)(H,30,32)(H,33,34)/t16-,18+. The lowest BCUT2D eigenvalue weighted by Crippen LogP contribution is -2.35. The summed E-state index contributed by atoms with van der Waals surface area (Å²) in [6, 6.07) is 9.48. The Morgan fingerprint density at radius 3 is 2.11 bits per heavy atom. The predicted molar refractivity (Wildman–Crippen MR) is 129 cm³/mol. The number of halogens is 2. The van der Waals surface area contributed by atoms with Crippen molar-refractivity contribution in [2.45, 2.75) is 50.5 Å². The number of amides is 2. The van der Waals surface area contributed by atoms with Gasteiger partial charge in [0.1, 0.15) is 11.6 Å². The van der Waals surface area contributed by atoms with E-state index in [1.807, 2.05) is 0 Å². The summed E-state index contributed by atoms with van der Waals surface area (Å²) in [6.07, 6.45) is 4.47. The maximum atomic E-state index is 14.2. The maximum absolute atomic E-state index is 14.2. The number of carbonyl (C=O) groups is 3. The van der Waals surface area contributed by atoms with Gasteiger partial charge in [-0.1, -0.05) is 17.7 Å². The van der Waals surface area contributed by atoms with Gasteiger partial charge in [0.05, 0.1) is 28.2 Å². The van der Waals surface area contributed by atoms with Crippen LogP contribution in [0.1, 0.15) is 70.7 Å². The second-order valence-corrected chi connectivity index (χ2v) is 9.50. The van der Waals surface area contributed by atoms with Gasteiger partial charge in [0.15, 0.2) is 0 Å². The quantitative estimate of drug-likeness (QED) is 0.437. The minimum atomic E-state index is -0.767. The van der Waals surface area contributed by atoms with Crippen LogP contribution in [0.2, 0.25) is 5.02 Å². The topological polar surface area (TPSA) is 105 Å². The van der Waals surface area contributed by atoms with Crippen LogP contribution in [0.3, 0.4) is 0 Å². The molecule has 0 atom stereocenters. The zero-order chi connectivity index (χ0) is 24.9. The summed E-state index contributed by atoms with van der Waals surface area (Å²) < 4.78 is 20.2.